The van der Waals surface area contributed by atoms with Crippen molar-refractivity contribution in [3.05, 3.63) is 72.3 Å². The largest absolute Gasteiger partial charge is 0.368 e. The molecule has 0 amide bonds. The van der Waals surface area contributed by atoms with Gasteiger partial charge in [-0.3, -0.25) is 19.7 Å². The summed E-state index contributed by atoms with van der Waals surface area (Å²) in [7, 11) is 2.97. The van der Waals surface area contributed by atoms with E-state index in [2.05, 4.69) is 30.9 Å². The monoisotopic (exact) mass is 423 g/mol. The van der Waals surface area contributed by atoms with Gasteiger partial charge in [-0.15, -0.1) is 0 Å². The molecule has 1 fully saturated rings. The smallest absolute Gasteiger partial charge is 0.316 e. The summed E-state index contributed by atoms with van der Waals surface area (Å²) in [5, 5.41) is 11.8. The van der Waals surface area contributed by atoms with Gasteiger partial charge in [0.2, 0.25) is 0 Å². The maximum Gasteiger partial charge on any atom is 0.316 e. The van der Waals surface area contributed by atoms with Crippen LogP contribution in [0, 0.1) is 24.0 Å². The Bertz CT molecular complexity index is 1320. The predicted molar refractivity (Wildman–Crippen MR) is 121 cm³/mol. The van der Waals surface area contributed by atoms with E-state index in [9.17, 15) is 19.7 Å². The zero-order chi connectivity index (χ0) is 22.4. The fourth-order valence-corrected chi connectivity index (χ4v) is 4.26. The van der Waals surface area contributed by atoms with Crippen molar-refractivity contribution in [1.82, 2.24) is 9.13 Å². The van der Waals surface area contributed by atoms with Gasteiger partial charge < -0.3 is 18.9 Å². The summed E-state index contributed by atoms with van der Waals surface area (Å²) in [5.41, 5.74) is 3.54. The summed E-state index contributed by atoms with van der Waals surface area (Å²) in [5.74, 6) is 0. The number of aromatic nitrogens is 2. The first kappa shape index (κ1) is 20.6. The predicted octanol–water partition coefficient (Wildman–Crippen LogP) is 2.09. The summed E-state index contributed by atoms with van der Waals surface area (Å²) in [6.07, 6.45) is 0. The number of piperazine rings is 1. The van der Waals surface area contributed by atoms with Crippen molar-refractivity contribution in [2.75, 3.05) is 36.0 Å². The van der Waals surface area contributed by atoms with Crippen LogP contribution in [0.15, 0.2) is 39.9 Å². The second kappa shape index (κ2) is 7.57. The summed E-state index contributed by atoms with van der Waals surface area (Å²) >= 11 is 0. The summed E-state index contributed by atoms with van der Waals surface area (Å²) < 4.78 is 2.43. The van der Waals surface area contributed by atoms with Gasteiger partial charge in [-0.1, -0.05) is 12.1 Å². The molecule has 31 heavy (non-hydrogen) atoms. The number of hydrogen-bond acceptors (Lipinski definition) is 6. The molecule has 9 nitrogen and oxygen atoms in total. The van der Waals surface area contributed by atoms with Gasteiger partial charge in [0, 0.05) is 52.0 Å². The van der Waals surface area contributed by atoms with Gasteiger partial charge in [0.15, 0.2) is 0 Å². The third kappa shape index (κ3) is 3.35. The molecule has 2 aromatic carbocycles. The molecule has 0 spiro atoms. The number of hydrogen-bond donors (Lipinski definition) is 0. The van der Waals surface area contributed by atoms with Crippen molar-refractivity contribution in [2.45, 2.75) is 13.8 Å². The average Bonchev–Trinajstić information content (AvgIpc) is 2.77. The highest BCUT2D eigenvalue weighted by Gasteiger charge is 2.26. The first-order chi connectivity index (χ1) is 14.7. The molecule has 0 saturated carbocycles. The van der Waals surface area contributed by atoms with Crippen LogP contribution >= 0.6 is 0 Å². The maximum atomic E-state index is 12.2. The van der Waals surface area contributed by atoms with Crippen molar-refractivity contribution in [3.63, 3.8) is 0 Å². The van der Waals surface area contributed by atoms with Gasteiger partial charge in [0.05, 0.1) is 16.0 Å². The number of anilines is 2. The third-order valence-corrected chi connectivity index (χ3v) is 6.32. The van der Waals surface area contributed by atoms with E-state index in [-0.39, 0.29) is 5.69 Å². The van der Waals surface area contributed by atoms with Crippen molar-refractivity contribution in [1.29, 1.82) is 0 Å². The standard InChI is InChI=1S/C22H25N5O4/c1-14-6-5-7-16(15(14)2)25-8-10-26(11-9-25)19-12-17-18(13-20(19)27(30)31)24(4)22(29)21(28)23(17)3/h5-7,12-13H,8-11H2,1-4H3. The number of nitrogens with zero attached hydrogens (tertiary/aromatic N) is 5. The lowest BCUT2D eigenvalue weighted by Crippen LogP contribution is -2.47. The first-order valence-electron chi connectivity index (χ1n) is 10.1. The Hall–Kier alpha value is -3.62. The minimum absolute atomic E-state index is 0.0682. The van der Waals surface area contributed by atoms with Gasteiger partial charge in [-0.05, 0) is 37.1 Å². The molecule has 2 heterocycles. The molecule has 1 aliphatic heterocycles. The Kier molecular flexibility index (Phi) is 5.04. The van der Waals surface area contributed by atoms with E-state index in [1.54, 1.807) is 6.07 Å². The molecule has 0 radical (unpaired) electrons. The normalized spacial score (nSPS) is 14.3. The van der Waals surface area contributed by atoms with E-state index in [4.69, 9.17) is 0 Å². The van der Waals surface area contributed by atoms with E-state index < -0.39 is 16.0 Å². The summed E-state index contributed by atoms with van der Waals surface area (Å²) in [6, 6.07) is 9.28. The molecule has 0 bridgehead atoms. The summed E-state index contributed by atoms with van der Waals surface area (Å²) in [6.45, 7) is 6.87. The quantitative estimate of drug-likeness (QED) is 0.364. The zero-order valence-corrected chi connectivity index (χ0v) is 18.1. The van der Waals surface area contributed by atoms with Crippen LogP contribution in [0.3, 0.4) is 0 Å². The SMILES string of the molecule is Cc1cccc(N2CCN(c3cc4c(cc3[N+](=O)[O-])n(C)c(=O)c(=O)n4C)CC2)c1C. The van der Waals surface area contributed by atoms with Gasteiger partial charge >= 0.3 is 11.1 Å². The third-order valence-electron chi connectivity index (χ3n) is 6.32. The second-order valence-electron chi connectivity index (χ2n) is 8.01. The Balaban J connectivity index is 1.74. The number of nitro benzene ring substituents is 1. The van der Waals surface area contributed by atoms with Crippen molar-refractivity contribution >= 4 is 28.1 Å². The van der Waals surface area contributed by atoms with Crippen LogP contribution in [0.1, 0.15) is 11.1 Å². The molecule has 9 heteroatoms. The molecule has 0 N–H and O–H groups in total. The Labute approximate surface area is 178 Å². The molecule has 1 saturated heterocycles. The van der Waals surface area contributed by atoms with Crippen molar-refractivity contribution in [3.8, 4) is 0 Å². The van der Waals surface area contributed by atoms with Crippen LogP contribution in [-0.2, 0) is 14.1 Å². The highest BCUT2D eigenvalue weighted by Crippen LogP contribution is 2.33. The zero-order valence-electron chi connectivity index (χ0n) is 18.1. The van der Waals surface area contributed by atoms with Crippen LogP contribution in [0.5, 0.6) is 0 Å². The van der Waals surface area contributed by atoms with E-state index in [0.29, 0.717) is 29.8 Å². The molecule has 4 rings (SSSR count). The number of benzene rings is 2. The van der Waals surface area contributed by atoms with E-state index in [1.165, 1.54) is 46.1 Å². The minimum Gasteiger partial charge on any atom is -0.368 e. The van der Waals surface area contributed by atoms with Gasteiger partial charge in [-0.2, -0.15) is 0 Å². The Morgan fingerprint density at radius 1 is 0.839 bits per heavy atom. The van der Waals surface area contributed by atoms with Crippen LogP contribution in [-0.4, -0.2) is 40.2 Å². The molecule has 0 atom stereocenters. The lowest BCUT2D eigenvalue weighted by Gasteiger charge is -2.38. The van der Waals surface area contributed by atoms with E-state index in [1.807, 2.05) is 11.0 Å². The lowest BCUT2D eigenvalue weighted by atomic mass is 10.1. The Morgan fingerprint density at radius 3 is 1.90 bits per heavy atom. The highest BCUT2D eigenvalue weighted by molar-refractivity contribution is 5.86. The van der Waals surface area contributed by atoms with Gasteiger partial charge in [-0.25, -0.2) is 0 Å². The van der Waals surface area contributed by atoms with E-state index >= 15 is 0 Å². The molecular weight excluding hydrogens is 398 g/mol. The lowest BCUT2D eigenvalue weighted by molar-refractivity contribution is -0.384. The number of fused-ring (bicyclic) bond motifs is 1. The fraction of sp³-hybridized carbons (Fsp3) is 0.364. The fourth-order valence-electron chi connectivity index (χ4n) is 4.26. The molecule has 0 aliphatic carbocycles. The topological polar surface area (TPSA) is 93.6 Å². The highest BCUT2D eigenvalue weighted by atomic mass is 16.6. The molecule has 1 aliphatic rings. The minimum atomic E-state index is -0.709. The van der Waals surface area contributed by atoms with Crippen LogP contribution < -0.4 is 20.9 Å². The van der Waals surface area contributed by atoms with Crippen LogP contribution in [0.4, 0.5) is 17.1 Å². The van der Waals surface area contributed by atoms with Crippen LogP contribution in [0.2, 0.25) is 0 Å². The maximum absolute atomic E-state index is 12.2. The number of rotatable bonds is 3. The van der Waals surface area contributed by atoms with Crippen LogP contribution in [0.25, 0.3) is 11.0 Å². The van der Waals surface area contributed by atoms with Gasteiger partial charge in [0.25, 0.3) is 5.69 Å². The van der Waals surface area contributed by atoms with Crippen molar-refractivity contribution in [2.24, 2.45) is 14.1 Å². The average molecular weight is 423 g/mol. The molecule has 0 unspecified atom stereocenters. The number of aryl methyl sites for hydroxylation is 3. The molecule has 1 aromatic heterocycles. The molecular formula is C22H25N5O4. The van der Waals surface area contributed by atoms with Gasteiger partial charge in [0.1, 0.15) is 5.69 Å². The first-order valence-corrected chi connectivity index (χ1v) is 10.1. The summed E-state index contributed by atoms with van der Waals surface area (Å²) in [4.78, 5) is 40.1. The Morgan fingerprint density at radius 2 is 1.35 bits per heavy atom. The van der Waals surface area contributed by atoms with E-state index in [0.717, 1.165) is 13.1 Å². The van der Waals surface area contributed by atoms with Crippen molar-refractivity contribution < 1.29 is 4.92 Å². The molecule has 162 valence electrons. The second-order valence-corrected chi connectivity index (χ2v) is 8.01. The molecule has 3 aromatic rings. The number of nitro groups is 1.